The Kier molecular flexibility index (Phi) is 6.68. The molecule has 0 heterocycles. The van der Waals surface area contributed by atoms with Crippen LogP contribution in [0.3, 0.4) is 0 Å². The Morgan fingerprint density at radius 1 is 1.19 bits per heavy atom. The highest BCUT2D eigenvalue weighted by atomic mass is 19.1. The van der Waals surface area contributed by atoms with Gasteiger partial charge in [0.25, 0.3) is 5.91 Å². The molecular weight excluding hydrogens is 339 g/mol. The van der Waals surface area contributed by atoms with Gasteiger partial charge in [-0.05, 0) is 30.3 Å². The lowest BCUT2D eigenvalue weighted by molar-refractivity contribution is -0.121. The van der Waals surface area contributed by atoms with Gasteiger partial charge in [0.2, 0.25) is 0 Å². The van der Waals surface area contributed by atoms with E-state index in [0.717, 1.165) is 6.07 Å². The number of nitriles is 1. The molecular formula is C19H17FN2O4. The summed E-state index contributed by atoms with van der Waals surface area (Å²) in [5.74, 6) is -2.00. The number of benzene rings is 2. The van der Waals surface area contributed by atoms with Gasteiger partial charge in [0.15, 0.2) is 18.2 Å². The van der Waals surface area contributed by atoms with Crippen molar-refractivity contribution in [2.24, 2.45) is 0 Å². The zero-order valence-corrected chi connectivity index (χ0v) is 14.1. The Morgan fingerprint density at radius 3 is 2.54 bits per heavy atom. The molecule has 0 atom stereocenters. The van der Waals surface area contributed by atoms with Gasteiger partial charge in [-0.1, -0.05) is 18.2 Å². The van der Waals surface area contributed by atoms with Crippen LogP contribution in [0.2, 0.25) is 0 Å². The standard InChI is InChI=1S/C19H17FN2O4/c1-25-17-9-8-14(12-16(17)20)19(24)26-13-18(23)22(11-5-10-21)15-6-3-2-4-7-15/h2-4,6-9,12H,5,11,13H2,1H3. The molecule has 2 aromatic rings. The quantitative estimate of drug-likeness (QED) is 0.713. The van der Waals surface area contributed by atoms with E-state index in [1.54, 1.807) is 30.3 Å². The van der Waals surface area contributed by atoms with E-state index in [-0.39, 0.29) is 24.3 Å². The monoisotopic (exact) mass is 356 g/mol. The summed E-state index contributed by atoms with van der Waals surface area (Å²) in [5, 5.41) is 8.76. The third-order valence-corrected chi connectivity index (χ3v) is 3.53. The first-order valence-electron chi connectivity index (χ1n) is 7.80. The molecule has 0 aliphatic heterocycles. The molecule has 0 unspecified atom stereocenters. The molecule has 0 fully saturated rings. The van der Waals surface area contributed by atoms with E-state index >= 15 is 0 Å². The molecule has 0 aromatic heterocycles. The van der Waals surface area contributed by atoms with Crippen molar-refractivity contribution in [2.75, 3.05) is 25.2 Å². The SMILES string of the molecule is COc1ccc(C(=O)OCC(=O)N(CCC#N)c2ccccc2)cc1F. The number of nitrogens with zero attached hydrogens (tertiary/aromatic N) is 2. The van der Waals surface area contributed by atoms with Gasteiger partial charge in [0, 0.05) is 12.2 Å². The van der Waals surface area contributed by atoms with Crippen molar-refractivity contribution < 1.29 is 23.5 Å². The van der Waals surface area contributed by atoms with Crippen molar-refractivity contribution in [3.8, 4) is 11.8 Å². The molecule has 0 radical (unpaired) electrons. The maximum Gasteiger partial charge on any atom is 0.338 e. The van der Waals surface area contributed by atoms with Gasteiger partial charge in [-0.3, -0.25) is 4.79 Å². The van der Waals surface area contributed by atoms with Crippen molar-refractivity contribution in [3.63, 3.8) is 0 Å². The first-order valence-corrected chi connectivity index (χ1v) is 7.80. The van der Waals surface area contributed by atoms with Crippen molar-refractivity contribution in [3.05, 3.63) is 59.9 Å². The molecule has 0 aliphatic rings. The van der Waals surface area contributed by atoms with Crippen LogP contribution >= 0.6 is 0 Å². The molecule has 0 N–H and O–H groups in total. The summed E-state index contributed by atoms with van der Waals surface area (Å²) in [7, 11) is 1.31. The van der Waals surface area contributed by atoms with Gasteiger partial charge in [-0.15, -0.1) is 0 Å². The first kappa shape index (κ1) is 18.9. The zero-order chi connectivity index (χ0) is 18.9. The van der Waals surface area contributed by atoms with Gasteiger partial charge in [0.1, 0.15) is 0 Å². The molecule has 1 amide bonds. The molecule has 0 saturated heterocycles. The number of hydrogen-bond donors (Lipinski definition) is 0. The fourth-order valence-corrected chi connectivity index (χ4v) is 2.25. The number of esters is 1. The van der Waals surface area contributed by atoms with E-state index < -0.39 is 24.3 Å². The second kappa shape index (κ2) is 9.18. The smallest absolute Gasteiger partial charge is 0.338 e. The summed E-state index contributed by atoms with van der Waals surface area (Å²) in [6.45, 7) is -0.346. The molecule has 0 spiro atoms. The molecule has 0 bridgehead atoms. The maximum absolute atomic E-state index is 13.7. The number of carbonyl (C=O) groups excluding carboxylic acids is 2. The van der Waals surface area contributed by atoms with Crippen LogP contribution in [0.1, 0.15) is 16.8 Å². The van der Waals surface area contributed by atoms with Gasteiger partial charge in [0.05, 0.1) is 25.2 Å². The minimum Gasteiger partial charge on any atom is -0.494 e. The molecule has 0 aliphatic carbocycles. The van der Waals surface area contributed by atoms with Crippen LogP contribution in [0.4, 0.5) is 10.1 Å². The number of rotatable bonds is 7. The Balaban J connectivity index is 2.04. The van der Waals surface area contributed by atoms with Crippen LogP contribution in [0.15, 0.2) is 48.5 Å². The first-order chi connectivity index (χ1) is 12.6. The number of halogens is 1. The average molecular weight is 356 g/mol. The molecule has 7 heteroatoms. The maximum atomic E-state index is 13.7. The summed E-state index contributed by atoms with van der Waals surface area (Å²) in [5.41, 5.74) is 0.568. The van der Waals surface area contributed by atoms with Crippen molar-refractivity contribution in [2.45, 2.75) is 6.42 Å². The van der Waals surface area contributed by atoms with E-state index in [9.17, 15) is 14.0 Å². The van der Waals surface area contributed by atoms with Crippen LogP contribution in [0.25, 0.3) is 0 Å². The van der Waals surface area contributed by atoms with Gasteiger partial charge >= 0.3 is 5.97 Å². The minimum absolute atomic E-state index is 0.00406. The fraction of sp³-hybridized carbons (Fsp3) is 0.211. The van der Waals surface area contributed by atoms with Crippen LogP contribution < -0.4 is 9.64 Å². The normalized spacial score (nSPS) is 9.88. The third-order valence-electron chi connectivity index (χ3n) is 3.53. The molecule has 26 heavy (non-hydrogen) atoms. The number of amides is 1. The van der Waals surface area contributed by atoms with E-state index in [1.807, 2.05) is 6.07 Å². The molecule has 0 saturated carbocycles. The van der Waals surface area contributed by atoms with E-state index in [1.165, 1.54) is 24.1 Å². The Morgan fingerprint density at radius 2 is 1.92 bits per heavy atom. The predicted molar refractivity (Wildman–Crippen MR) is 92.3 cm³/mol. The number of anilines is 1. The molecule has 2 aromatic carbocycles. The Labute approximate surface area is 150 Å². The predicted octanol–water partition coefficient (Wildman–Crippen LogP) is 2.94. The summed E-state index contributed by atoms with van der Waals surface area (Å²) >= 11 is 0. The van der Waals surface area contributed by atoms with E-state index in [2.05, 4.69) is 0 Å². The van der Waals surface area contributed by atoms with Crippen molar-refractivity contribution >= 4 is 17.6 Å². The highest BCUT2D eigenvalue weighted by Crippen LogP contribution is 2.18. The van der Waals surface area contributed by atoms with E-state index in [0.29, 0.717) is 5.69 Å². The summed E-state index contributed by atoms with van der Waals surface area (Å²) in [4.78, 5) is 25.8. The third kappa shape index (κ3) is 4.80. The highest BCUT2D eigenvalue weighted by molar-refractivity contribution is 5.97. The summed E-state index contributed by atoms with van der Waals surface area (Å²) in [6.07, 6.45) is 0.137. The second-order valence-corrected chi connectivity index (χ2v) is 5.21. The number of ether oxygens (including phenoxy) is 2. The van der Waals surface area contributed by atoms with Crippen molar-refractivity contribution in [1.82, 2.24) is 0 Å². The fourth-order valence-electron chi connectivity index (χ4n) is 2.25. The van der Waals surface area contributed by atoms with Crippen LogP contribution in [-0.2, 0) is 9.53 Å². The van der Waals surface area contributed by atoms with Gasteiger partial charge < -0.3 is 14.4 Å². The second-order valence-electron chi connectivity index (χ2n) is 5.21. The number of hydrogen-bond acceptors (Lipinski definition) is 5. The zero-order valence-electron chi connectivity index (χ0n) is 14.1. The lowest BCUT2D eigenvalue weighted by atomic mass is 10.2. The molecule has 6 nitrogen and oxygen atoms in total. The minimum atomic E-state index is -0.826. The number of para-hydroxylation sites is 1. The topological polar surface area (TPSA) is 79.6 Å². The Bertz CT molecular complexity index is 818. The average Bonchev–Trinajstić information content (AvgIpc) is 2.67. The van der Waals surface area contributed by atoms with E-state index in [4.69, 9.17) is 14.7 Å². The van der Waals surface area contributed by atoms with Crippen molar-refractivity contribution in [1.29, 1.82) is 5.26 Å². The largest absolute Gasteiger partial charge is 0.494 e. The van der Waals surface area contributed by atoms with Gasteiger partial charge in [-0.25, -0.2) is 9.18 Å². The summed E-state index contributed by atoms with van der Waals surface area (Å²) < 4.78 is 23.4. The molecule has 134 valence electrons. The van der Waals surface area contributed by atoms with Crippen LogP contribution in [-0.4, -0.2) is 32.1 Å². The van der Waals surface area contributed by atoms with Gasteiger partial charge in [-0.2, -0.15) is 5.26 Å². The van der Waals surface area contributed by atoms with Crippen LogP contribution in [0, 0.1) is 17.1 Å². The van der Waals surface area contributed by atoms with Crippen LogP contribution in [0.5, 0.6) is 5.75 Å². The lowest BCUT2D eigenvalue weighted by Gasteiger charge is -2.21. The Hall–Kier alpha value is -3.40. The lowest BCUT2D eigenvalue weighted by Crippen LogP contribution is -2.35. The highest BCUT2D eigenvalue weighted by Gasteiger charge is 2.18. The number of methoxy groups -OCH3 is 1. The molecule has 2 rings (SSSR count). The number of carbonyl (C=O) groups is 2. The summed E-state index contributed by atoms with van der Waals surface area (Å²) in [6, 6.07) is 14.4.